The van der Waals surface area contributed by atoms with E-state index in [2.05, 4.69) is 15.7 Å². The van der Waals surface area contributed by atoms with Crippen LogP contribution in [0.5, 0.6) is 0 Å². The molecular weight excluding hydrogens is 410 g/mol. The van der Waals surface area contributed by atoms with Crippen molar-refractivity contribution in [3.05, 3.63) is 64.3 Å². The predicted molar refractivity (Wildman–Crippen MR) is 116 cm³/mol. The summed E-state index contributed by atoms with van der Waals surface area (Å²) in [6.07, 6.45) is 2.26. The number of aromatic nitrogens is 2. The molecule has 0 unspecified atom stereocenters. The summed E-state index contributed by atoms with van der Waals surface area (Å²) in [6.45, 7) is 0. The Morgan fingerprint density at radius 3 is 2.66 bits per heavy atom. The van der Waals surface area contributed by atoms with Crippen LogP contribution in [-0.4, -0.2) is 33.9 Å². The fourth-order valence-corrected chi connectivity index (χ4v) is 4.06. The average Bonchev–Trinajstić information content (AvgIpc) is 3.24. The monoisotopic (exact) mass is 429 g/mol. The minimum atomic E-state index is -0.674. The maximum atomic E-state index is 12.2. The maximum Gasteiger partial charge on any atom is 0.340 e. The zero-order valence-electron chi connectivity index (χ0n) is 15.8. The molecule has 0 aliphatic carbocycles. The average molecular weight is 430 g/mol. The summed E-state index contributed by atoms with van der Waals surface area (Å²) in [5, 5.41) is 10.6. The molecule has 0 saturated carbocycles. The molecule has 1 aromatic carbocycles. The molecule has 0 bridgehead atoms. The topological polar surface area (TPSA) is 111 Å². The number of carbonyl (C=O) groups excluding carboxylic acids is 2. The number of thiophene rings is 1. The van der Waals surface area contributed by atoms with Gasteiger partial charge >= 0.3 is 5.97 Å². The molecule has 2 heterocycles. The van der Waals surface area contributed by atoms with Crippen LogP contribution in [0, 0.1) is 0 Å². The molecule has 4 N–H and O–H groups in total. The first kappa shape index (κ1) is 20.5. The molecule has 1 amide bonds. The van der Waals surface area contributed by atoms with Crippen molar-refractivity contribution < 1.29 is 14.3 Å². The fraction of sp³-hybridized carbons (Fsp3) is 0.158. The number of hydrogen-bond donors (Lipinski definition) is 3. The lowest BCUT2D eigenvalue weighted by Crippen LogP contribution is -2.22. The Kier molecular flexibility index (Phi) is 6.25. The van der Waals surface area contributed by atoms with Crippen molar-refractivity contribution in [1.82, 2.24) is 9.78 Å². The number of nitrogens with two attached hydrogens (primary N) is 1. The minimum absolute atomic E-state index is 0.0702. The third-order valence-corrected chi connectivity index (χ3v) is 5.20. The van der Waals surface area contributed by atoms with Crippen molar-refractivity contribution in [3.63, 3.8) is 0 Å². The van der Waals surface area contributed by atoms with Crippen LogP contribution in [0.2, 0.25) is 0 Å². The van der Waals surface area contributed by atoms with Crippen LogP contribution in [-0.2, 0) is 18.2 Å². The van der Waals surface area contributed by atoms with Gasteiger partial charge in [-0.2, -0.15) is 5.10 Å². The Morgan fingerprint density at radius 2 is 2.00 bits per heavy atom. The highest BCUT2D eigenvalue weighted by Crippen LogP contribution is 2.31. The summed E-state index contributed by atoms with van der Waals surface area (Å²) < 4.78 is 6.34. The molecule has 0 saturated heterocycles. The van der Waals surface area contributed by atoms with Crippen LogP contribution >= 0.6 is 23.6 Å². The standard InChI is InChI=1S/C19H19N5O3S2/c1-24-10-14(15(23-24)16(20)25)21-19(28)22-17-13(18(26)27-2)9-12(29-17)8-11-6-4-3-5-7-11/h3-7,9-10H,8H2,1-2H3,(H2,20,25)(H2,21,22,28). The number of nitrogens with zero attached hydrogens (tertiary/aromatic N) is 2. The summed E-state index contributed by atoms with van der Waals surface area (Å²) in [5.41, 5.74) is 7.29. The highest BCUT2D eigenvalue weighted by molar-refractivity contribution is 7.80. The van der Waals surface area contributed by atoms with Gasteiger partial charge in [0, 0.05) is 24.5 Å². The number of carbonyl (C=O) groups is 2. The number of rotatable bonds is 6. The molecule has 3 aromatic rings. The lowest BCUT2D eigenvalue weighted by Gasteiger charge is -2.09. The summed E-state index contributed by atoms with van der Waals surface area (Å²) in [5.74, 6) is -1.14. The first-order valence-corrected chi connectivity index (χ1v) is 9.76. The van der Waals surface area contributed by atoms with Crippen molar-refractivity contribution in [1.29, 1.82) is 0 Å². The van der Waals surface area contributed by atoms with Gasteiger partial charge in [-0.1, -0.05) is 30.3 Å². The van der Waals surface area contributed by atoms with Gasteiger partial charge in [-0.05, 0) is 23.8 Å². The number of methoxy groups -OCH3 is 1. The Hall–Kier alpha value is -3.24. The van der Waals surface area contributed by atoms with E-state index in [1.54, 1.807) is 19.3 Å². The molecule has 3 rings (SSSR count). The van der Waals surface area contributed by atoms with E-state index in [0.717, 1.165) is 10.4 Å². The molecule has 0 aliphatic heterocycles. The number of benzene rings is 1. The van der Waals surface area contributed by atoms with E-state index in [9.17, 15) is 9.59 Å². The zero-order chi connectivity index (χ0) is 21.0. The van der Waals surface area contributed by atoms with Crippen LogP contribution in [0.1, 0.15) is 31.3 Å². The molecule has 2 aromatic heterocycles. The number of anilines is 2. The third-order valence-electron chi connectivity index (χ3n) is 3.95. The molecule has 0 atom stereocenters. The molecule has 8 nitrogen and oxygen atoms in total. The van der Waals surface area contributed by atoms with Gasteiger partial charge in [0.25, 0.3) is 5.91 Å². The van der Waals surface area contributed by atoms with Crippen LogP contribution in [0.15, 0.2) is 42.6 Å². The second-order valence-corrected chi connectivity index (χ2v) is 7.66. The SMILES string of the molecule is COC(=O)c1cc(Cc2ccccc2)sc1NC(=S)Nc1cn(C)nc1C(N)=O. The number of nitrogens with one attached hydrogen (secondary N) is 2. The smallest absolute Gasteiger partial charge is 0.340 e. The van der Waals surface area contributed by atoms with Gasteiger partial charge < -0.3 is 21.1 Å². The lowest BCUT2D eigenvalue weighted by molar-refractivity contribution is 0.0602. The fourth-order valence-electron chi connectivity index (χ4n) is 2.70. The molecule has 0 aliphatic rings. The van der Waals surface area contributed by atoms with Gasteiger partial charge in [-0.3, -0.25) is 9.48 Å². The Labute approximate surface area is 176 Å². The van der Waals surface area contributed by atoms with E-state index >= 15 is 0 Å². The second kappa shape index (κ2) is 8.84. The first-order chi connectivity index (χ1) is 13.9. The number of aryl methyl sites for hydroxylation is 1. The van der Waals surface area contributed by atoms with E-state index in [-0.39, 0.29) is 10.8 Å². The van der Waals surface area contributed by atoms with Crippen molar-refractivity contribution in [3.8, 4) is 0 Å². The third kappa shape index (κ3) is 4.98. The number of esters is 1. The predicted octanol–water partition coefficient (Wildman–Crippen LogP) is 2.77. The molecule has 0 fully saturated rings. The van der Waals surface area contributed by atoms with E-state index < -0.39 is 11.9 Å². The zero-order valence-corrected chi connectivity index (χ0v) is 17.4. The Morgan fingerprint density at radius 1 is 1.28 bits per heavy atom. The van der Waals surface area contributed by atoms with E-state index in [1.807, 2.05) is 30.3 Å². The molecule has 0 radical (unpaired) electrons. The van der Waals surface area contributed by atoms with Gasteiger partial charge in [-0.25, -0.2) is 4.79 Å². The number of ether oxygens (including phenoxy) is 1. The maximum absolute atomic E-state index is 12.2. The van der Waals surface area contributed by atoms with Crippen LogP contribution in [0.25, 0.3) is 0 Å². The van der Waals surface area contributed by atoms with E-state index in [1.165, 1.54) is 23.1 Å². The van der Waals surface area contributed by atoms with Crippen molar-refractivity contribution in [2.75, 3.05) is 17.7 Å². The van der Waals surface area contributed by atoms with Crippen molar-refractivity contribution in [2.45, 2.75) is 6.42 Å². The lowest BCUT2D eigenvalue weighted by atomic mass is 10.1. The minimum Gasteiger partial charge on any atom is -0.465 e. The van der Waals surface area contributed by atoms with Crippen LogP contribution in [0.4, 0.5) is 10.7 Å². The number of thiocarbonyl (C=S) groups is 1. The van der Waals surface area contributed by atoms with Gasteiger partial charge in [0.05, 0.1) is 18.4 Å². The molecule has 0 spiro atoms. The Bertz CT molecular complexity index is 1060. The molecule has 150 valence electrons. The number of hydrogen-bond acceptors (Lipinski definition) is 6. The van der Waals surface area contributed by atoms with Gasteiger partial charge in [0.15, 0.2) is 10.8 Å². The molecule has 29 heavy (non-hydrogen) atoms. The molecule has 10 heteroatoms. The summed E-state index contributed by atoms with van der Waals surface area (Å²) >= 11 is 6.74. The van der Waals surface area contributed by atoms with Crippen molar-refractivity contribution in [2.24, 2.45) is 12.8 Å². The van der Waals surface area contributed by atoms with Gasteiger partial charge in [-0.15, -0.1) is 11.3 Å². The Balaban J connectivity index is 1.81. The van der Waals surface area contributed by atoms with Crippen LogP contribution in [0.3, 0.4) is 0 Å². The largest absolute Gasteiger partial charge is 0.465 e. The summed E-state index contributed by atoms with van der Waals surface area (Å²) in [7, 11) is 2.99. The normalized spacial score (nSPS) is 10.4. The van der Waals surface area contributed by atoms with Gasteiger partial charge in [0.1, 0.15) is 5.00 Å². The van der Waals surface area contributed by atoms with Crippen LogP contribution < -0.4 is 16.4 Å². The highest BCUT2D eigenvalue weighted by atomic mass is 32.1. The first-order valence-electron chi connectivity index (χ1n) is 8.53. The second-order valence-electron chi connectivity index (χ2n) is 6.12. The highest BCUT2D eigenvalue weighted by Gasteiger charge is 2.19. The van der Waals surface area contributed by atoms with Gasteiger partial charge in [0.2, 0.25) is 0 Å². The summed E-state index contributed by atoms with van der Waals surface area (Å²) in [6, 6.07) is 11.7. The number of amides is 1. The van der Waals surface area contributed by atoms with E-state index in [0.29, 0.717) is 22.7 Å². The summed E-state index contributed by atoms with van der Waals surface area (Å²) in [4.78, 5) is 24.7. The molecular formula is C19H19N5O3S2. The number of primary amides is 1. The van der Waals surface area contributed by atoms with Crippen molar-refractivity contribution >= 4 is 51.2 Å². The van der Waals surface area contributed by atoms with E-state index in [4.69, 9.17) is 22.7 Å². The quantitative estimate of drug-likeness (QED) is 0.408.